The van der Waals surface area contributed by atoms with Crippen LogP contribution in [0.15, 0.2) is 54.4 Å². The van der Waals surface area contributed by atoms with Crippen LogP contribution in [0.4, 0.5) is 5.95 Å². The molecule has 0 spiro atoms. The summed E-state index contributed by atoms with van der Waals surface area (Å²) in [4.78, 5) is 4.38. The van der Waals surface area contributed by atoms with Crippen LogP contribution in [0, 0.1) is 0 Å². The number of anilines is 1. The Morgan fingerprint density at radius 3 is 2.81 bits per heavy atom. The molecule has 5 rings (SSSR count). The molecule has 7 nitrogen and oxygen atoms in total. The highest BCUT2D eigenvalue weighted by Crippen LogP contribution is 2.44. The van der Waals surface area contributed by atoms with E-state index in [0.717, 1.165) is 28.1 Å². The topological polar surface area (TPSA) is 70.4 Å². The Kier molecular flexibility index (Phi) is 3.53. The van der Waals surface area contributed by atoms with E-state index in [4.69, 9.17) is 14.2 Å². The van der Waals surface area contributed by atoms with Gasteiger partial charge in [-0.1, -0.05) is 18.2 Å². The molecule has 3 aromatic rings. The molecule has 0 saturated heterocycles. The Bertz CT molecular complexity index is 1060. The highest BCUT2D eigenvalue weighted by Gasteiger charge is 2.35. The van der Waals surface area contributed by atoms with Crippen molar-refractivity contribution in [1.29, 1.82) is 0 Å². The zero-order chi connectivity index (χ0) is 18.4. The third-order valence-corrected chi connectivity index (χ3v) is 4.97. The van der Waals surface area contributed by atoms with E-state index in [9.17, 15) is 0 Å². The normalized spacial score (nSPS) is 17.2. The van der Waals surface area contributed by atoms with Gasteiger partial charge < -0.3 is 19.5 Å². The summed E-state index contributed by atoms with van der Waals surface area (Å²) in [6.45, 7) is 0.470. The minimum atomic E-state index is -0.146. The highest BCUT2D eigenvalue weighted by molar-refractivity contribution is 5.84. The first kappa shape index (κ1) is 15.7. The fourth-order valence-corrected chi connectivity index (χ4v) is 3.72. The number of benzene rings is 2. The molecule has 136 valence electrons. The van der Waals surface area contributed by atoms with Gasteiger partial charge in [-0.3, -0.25) is 0 Å². The van der Waals surface area contributed by atoms with Gasteiger partial charge in [-0.2, -0.15) is 10.1 Å². The molecule has 0 bridgehead atoms. The smallest absolute Gasteiger partial charge is 0.226 e. The van der Waals surface area contributed by atoms with Gasteiger partial charge in [0.25, 0.3) is 0 Å². The highest BCUT2D eigenvalue weighted by atomic mass is 16.5. The van der Waals surface area contributed by atoms with Crippen molar-refractivity contribution < 1.29 is 14.2 Å². The van der Waals surface area contributed by atoms with Crippen molar-refractivity contribution in [3.05, 3.63) is 65.5 Å². The number of fused-ring (bicyclic) bond motifs is 3. The van der Waals surface area contributed by atoms with Crippen LogP contribution < -0.4 is 19.5 Å². The van der Waals surface area contributed by atoms with Gasteiger partial charge in [-0.25, -0.2) is 4.68 Å². The van der Waals surface area contributed by atoms with Crippen LogP contribution in [0.25, 0.3) is 5.70 Å². The van der Waals surface area contributed by atoms with E-state index < -0.39 is 0 Å². The summed E-state index contributed by atoms with van der Waals surface area (Å²) in [5.41, 5.74) is 4.17. The minimum absolute atomic E-state index is 0.146. The molecule has 1 atom stereocenters. The third kappa shape index (κ3) is 2.35. The first-order valence-corrected chi connectivity index (χ1v) is 8.64. The van der Waals surface area contributed by atoms with Crippen molar-refractivity contribution in [2.75, 3.05) is 26.1 Å². The maximum absolute atomic E-state index is 6.02. The number of ether oxygens (including phenoxy) is 3. The lowest BCUT2D eigenvalue weighted by Gasteiger charge is -2.34. The van der Waals surface area contributed by atoms with Crippen molar-refractivity contribution in [2.24, 2.45) is 0 Å². The molecule has 7 heteroatoms. The van der Waals surface area contributed by atoms with Gasteiger partial charge >= 0.3 is 0 Å². The number of nitrogens with one attached hydrogen (secondary N) is 1. The SMILES string of the molecule is COc1ccc([C@H]2C3=C(Nc4ncnn42)c2ccccc2OC3)cc1OC. The average Bonchev–Trinajstić information content (AvgIpc) is 3.19. The van der Waals surface area contributed by atoms with Crippen LogP contribution in [0.5, 0.6) is 17.2 Å². The standard InChI is InChI=1S/C20H18N4O3/c1-25-16-8-7-12(9-17(16)26-2)19-14-10-27-15-6-4-3-5-13(15)18(14)23-20-21-11-22-24(19)20/h3-9,11,19H,10H2,1-2H3,(H,21,22,23)/t19-/m0/s1. The van der Waals surface area contributed by atoms with Crippen molar-refractivity contribution >= 4 is 11.6 Å². The molecular formula is C20H18N4O3. The summed E-state index contributed by atoms with van der Waals surface area (Å²) in [7, 11) is 3.26. The minimum Gasteiger partial charge on any atom is -0.493 e. The number of nitrogens with zero attached hydrogens (tertiary/aromatic N) is 3. The number of hydrogen-bond acceptors (Lipinski definition) is 6. The van der Waals surface area contributed by atoms with Gasteiger partial charge in [0.2, 0.25) is 5.95 Å². The third-order valence-electron chi connectivity index (χ3n) is 4.97. The van der Waals surface area contributed by atoms with Crippen LogP contribution in [0.1, 0.15) is 17.2 Å². The second-order valence-electron chi connectivity index (χ2n) is 6.36. The summed E-state index contributed by atoms with van der Waals surface area (Å²) < 4.78 is 18.8. The van der Waals surface area contributed by atoms with Crippen molar-refractivity contribution in [1.82, 2.24) is 14.8 Å². The lowest BCUT2D eigenvalue weighted by Crippen LogP contribution is -2.30. The fourth-order valence-electron chi connectivity index (χ4n) is 3.72. The predicted octanol–water partition coefficient (Wildman–Crippen LogP) is 3.11. The van der Waals surface area contributed by atoms with E-state index >= 15 is 0 Å². The lowest BCUT2D eigenvalue weighted by molar-refractivity contribution is 0.327. The molecule has 2 aliphatic rings. The first-order valence-electron chi connectivity index (χ1n) is 8.64. The summed E-state index contributed by atoms with van der Waals surface area (Å²) in [6.07, 6.45) is 1.56. The Balaban J connectivity index is 1.70. The van der Waals surface area contributed by atoms with Gasteiger partial charge in [0.1, 0.15) is 24.7 Å². The summed E-state index contributed by atoms with van der Waals surface area (Å²) in [5, 5.41) is 7.86. The van der Waals surface area contributed by atoms with E-state index in [1.165, 1.54) is 0 Å². The Hall–Kier alpha value is -3.48. The summed E-state index contributed by atoms with van der Waals surface area (Å²) >= 11 is 0. The average molecular weight is 362 g/mol. The molecule has 0 saturated carbocycles. The number of para-hydroxylation sites is 1. The van der Waals surface area contributed by atoms with Gasteiger partial charge in [0.15, 0.2) is 11.5 Å². The van der Waals surface area contributed by atoms with Gasteiger partial charge in [0, 0.05) is 11.1 Å². The van der Waals surface area contributed by atoms with E-state index in [1.54, 1.807) is 20.5 Å². The Morgan fingerprint density at radius 2 is 1.96 bits per heavy atom. The van der Waals surface area contributed by atoms with Crippen molar-refractivity contribution in [3.63, 3.8) is 0 Å². The molecule has 2 aliphatic heterocycles. The second kappa shape index (κ2) is 6.05. The van der Waals surface area contributed by atoms with E-state index in [2.05, 4.69) is 21.5 Å². The van der Waals surface area contributed by atoms with Gasteiger partial charge in [-0.05, 0) is 29.8 Å². The van der Waals surface area contributed by atoms with Crippen molar-refractivity contribution in [2.45, 2.75) is 6.04 Å². The second-order valence-corrected chi connectivity index (χ2v) is 6.36. The molecule has 0 aliphatic carbocycles. The zero-order valence-electron chi connectivity index (χ0n) is 15.0. The molecular weight excluding hydrogens is 344 g/mol. The predicted molar refractivity (Wildman–Crippen MR) is 100 cm³/mol. The van der Waals surface area contributed by atoms with Gasteiger partial charge in [-0.15, -0.1) is 0 Å². The van der Waals surface area contributed by atoms with Crippen LogP contribution in [-0.2, 0) is 0 Å². The molecule has 27 heavy (non-hydrogen) atoms. The maximum atomic E-state index is 6.02. The number of hydrogen-bond donors (Lipinski definition) is 1. The summed E-state index contributed by atoms with van der Waals surface area (Å²) in [5.74, 6) is 2.93. The van der Waals surface area contributed by atoms with Crippen LogP contribution >= 0.6 is 0 Å². The zero-order valence-corrected chi connectivity index (χ0v) is 15.0. The number of aromatic nitrogens is 3. The van der Waals surface area contributed by atoms with Crippen LogP contribution in [-0.4, -0.2) is 35.6 Å². The van der Waals surface area contributed by atoms with E-state index in [-0.39, 0.29) is 6.04 Å². The molecule has 0 fully saturated rings. The molecule has 0 amide bonds. The largest absolute Gasteiger partial charge is 0.493 e. The maximum Gasteiger partial charge on any atom is 0.226 e. The fraction of sp³-hybridized carbons (Fsp3) is 0.200. The lowest BCUT2D eigenvalue weighted by atomic mass is 9.91. The van der Waals surface area contributed by atoms with E-state index in [0.29, 0.717) is 24.1 Å². The molecule has 0 unspecified atom stereocenters. The molecule has 3 heterocycles. The van der Waals surface area contributed by atoms with Gasteiger partial charge in [0.05, 0.1) is 19.9 Å². The van der Waals surface area contributed by atoms with Crippen LogP contribution in [0.3, 0.4) is 0 Å². The first-order chi connectivity index (χ1) is 13.3. The number of rotatable bonds is 3. The molecule has 0 radical (unpaired) electrons. The quantitative estimate of drug-likeness (QED) is 0.772. The molecule has 1 aromatic heterocycles. The number of methoxy groups -OCH3 is 2. The molecule has 2 aromatic carbocycles. The van der Waals surface area contributed by atoms with Crippen molar-refractivity contribution in [3.8, 4) is 17.2 Å². The summed E-state index contributed by atoms with van der Waals surface area (Å²) in [6, 6.07) is 13.8. The van der Waals surface area contributed by atoms with E-state index in [1.807, 2.05) is 41.1 Å². The Morgan fingerprint density at radius 1 is 1.11 bits per heavy atom. The molecule has 1 N–H and O–H groups in total. The van der Waals surface area contributed by atoms with Crippen LogP contribution in [0.2, 0.25) is 0 Å². The monoisotopic (exact) mass is 362 g/mol. The Labute approximate surface area is 156 Å².